The zero-order chi connectivity index (χ0) is 39.2. The lowest BCUT2D eigenvalue weighted by Crippen LogP contribution is -2.15. The summed E-state index contributed by atoms with van der Waals surface area (Å²) in [7, 11) is 0. The number of fused-ring (bicyclic) bond motifs is 4. The van der Waals surface area contributed by atoms with Crippen LogP contribution in [-0.4, -0.2) is 0 Å². The summed E-state index contributed by atoms with van der Waals surface area (Å²) in [5.74, 6) is 0. The van der Waals surface area contributed by atoms with Gasteiger partial charge in [-0.05, 0) is 152 Å². The first-order chi connectivity index (χ1) is 29.0. The fourth-order valence-electron chi connectivity index (χ4n) is 10.4. The van der Waals surface area contributed by atoms with Crippen LogP contribution in [0.1, 0.15) is 36.1 Å². The third-order valence-corrected chi connectivity index (χ3v) is 13.5. The van der Waals surface area contributed by atoms with Crippen LogP contribution in [0.25, 0.3) is 99.1 Å². The van der Waals surface area contributed by atoms with Gasteiger partial charge in [0.2, 0.25) is 0 Å². The molecular formula is C59H42. The van der Waals surface area contributed by atoms with E-state index in [0.717, 1.165) is 12.8 Å². The lowest BCUT2D eigenvalue weighted by atomic mass is 9.80. The molecular weight excluding hydrogens is 709 g/mol. The number of benzene rings is 10. The number of hydrogen-bond acceptors (Lipinski definition) is 0. The number of hydrogen-bond donors (Lipinski definition) is 0. The van der Waals surface area contributed by atoms with Crippen molar-refractivity contribution in [3.8, 4) is 66.8 Å². The van der Waals surface area contributed by atoms with E-state index in [1.54, 1.807) is 0 Å². The van der Waals surface area contributed by atoms with Gasteiger partial charge in [0.15, 0.2) is 0 Å². The van der Waals surface area contributed by atoms with Crippen molar-refractivity contribution in [2.45, 2.75) is 32.1 Å². The Kier molecular flexibility index (Phi) is 7.50. The Bertz CT molecular complexity index is 3320. The van der Waals surface area contributed by atoms with Gasteiger partial charge in [0.25, 0.3) is 0 Å². The van der Waals surface area contributed by atoms with Gasteiger partial charge in [-0.1, -0.05) is 190 Å². The molecule has 0 heterocycles. The third-order valence-electron chi connectivity index (χ3n) is 13.5. The maximum atomic E-state index is 2.45. The predicted molar refractivity (Wildman–Crippen MR) is 251 cm³/mol. The molecule has 59 heavy (non-hydrogen) atoms. The average Bonchev–Trinajstić information content (AvgIpc) is 3.52. The van der Waals surface area contributed by atoms with Crippen LogP contribution >= 0.6 is 0 Å². The minimum absolute atomic E-state index is 0.128. The van der Waals surface area contributed by atoms with Gasteiger partial charge in [-0.3, -0.25) is 0 Å². The predicted octanol–water partition coefficient (Wildman–Crippen LogP) is 15.9. The topological polar surface area (TPSA) is 0 Å². The quantitative estimate of drug-likeness (QED) is 0.121. The molecule has 0 spiro atoms. The summed E-state index contributed by atoms with van der Waals surface area (Å²) in [5, 5.41) is 7.88. The Labute approximate surface area is 346 Å². The molecule has 0 unspecified atom stereocenters. The molecule has 0 amide bonds. The van der Waals surface area contributed by atoms with E-state index < -0.39 is 0 Å². The van der Waals surface area contributed by atoms with Crippen molar-refractivity contribution in [1.29, 1.82) is 0 Å². The molecule has 0 N–H and O–H groups in total. The molecule has 10 aromatic carbocycles. The molecule has 2 aliphatic carbocycles. The summed E-state index contributed by atoms with van der Waals surface area (Å²) in [5.41, 5.74) is 20.9. The van der Waals surface area contributed by atoms with Gasteiger partial charge in [-0.15, -0.1) is 0 Å². The SMILES string of the molecule is CC1(C)c2cc(-c3ccc(-c4ccc5c(c4)CC=CC5)cc3)ccc2-c2ccc(-c3cccc(-c4ccc5ccc6c(-c7ccccc7)ccc7ccc4c5c76)c3)cc21. The standard InChI is InChI=1S/C59H42/c1-59(2)55-35-46(39-17-15-38(16-18-39)45-20-19-37-9-6-7-12-43(37)33-45)25-29-51(55)52-30-26-47(36-56(52)59)44-13-8-14-48(34-44)50-28-22-42-23-31-53-49(40-10-4-3-5-11-40)27-21-41-24-32-54(50)58(42)57(41)53/h3-8,10-11,13-36H,9,12H2,1-2H3. The first-order valence-electron chi connectivity index (χ1n) is 21.0. The molecule has 0 atom stereocenters. The van der Waals surface area contributed by atoms with Crippen molar-refractivity contribution in [2.24, 2.45) is 0 Å². The smallest absolute Gasteiger partial charge is 0.0159 e. The van der Waals surface area contributed by atoms with Crippen LogP contribution in [-0.2, 0) is 18.3 Å². The van der Waals surface area contributed by atoms with Gasteiger partial charge in [-0.2, -0.15) is 0 Å². The summed E-state index contributed by atoms with van der Waals surface area (Å²) >= 11 is 0. The van der Waals surface area contributed by atoms with Gasteiger partial charge in [0.05, 0.1) is 0 Å². The van der Waals surface area contributed by atoms with E-state index in [1.165, 1.54) is 121 Å². The Morgan fingerprint density at radius 3 is 1.42 bits per heavy atom. The van der Waals surface area contributed by atoms with Crippen LogP contribution in [0.15, 0.2) is 194 Å². The second-order valence-corrected chi connectivity index (χ2v) is 17.2. The third kappa shape index (κ3) is 5.37. The van der Waals surface area contributed by atoms with Crippen molar-refractivity contribution in [3.05, 3.63) is 216 Å². The second kappa shape index (κ2) is 13.0. The molecule has 0 aliphatic heterocycles. The minimum atomic E-state index is -0.128. The van der Waals surface area contributed by atoms with E-state index in [1.807, 2.05) is 0 Å². The van der Waals surface area contributed by atoms with Crippen LogP contribution in [0.5, 0.6) is 0 Å². The maximum Gasteiger partial charge on any atom is 0.0159 e. The molecule has 10 aromatic rings. The van der Waals surface area contributed by atoms with Crippen molar-refractivity contribution in [2.75, 3.05) is 0 Å². The van der Waals surface area contributed by atoms with Crippen molar-refractivity contribution in [1.82, 2.24) is 0 Å². The molecule has 0 saturated heterocycles. The van der Waals surface area contributed by atoms with E-state index >= 15 is 0 Å². The highest BCUT2D eigenvalue weighted by Gasteiger charge is 2.36. The highest BCUT2D eigenvalue weighted by atomic mass is 14.4. The Hall–Kier alpha value is -7.02. The summed E-state index contributed by atoms with van der Waals surface area (Å²) in [4.78, 5) is 0. The molecule has 0 saturated carbocycles. The van der Waals surface area contributed by atoms with Crippen molar-refractivity contribution < 1.29 is 0 Å². The highest BCUT2D eigenvalue weighted by molar-refractivity contribution is 6.27. The molecule has 2 aliphatic rings. The van der Waals surface area contributed by atoms with Gasteiger partial charge < -0.3 is 0 Å². The first kappa shape index (κ1) is 34.1. The summed E-state index contributed by atoms with van der Waals surface area (Å²) < 4.78 is 0. The molecule has 0 nitrogen and oxygen atoms in total. The molecule has 0 bridgehead atoms. The van der Waals surface area contributed by atoms with E-state index in [0.29, 0.717) is 0 Å². The molecule has 12 rings (SSSR count). The van der Waals surface area contributed by atoms with Gasteiger partial charge >= 0.3 is 0 Å². The van der Waals surface area contributed by atoms with E-state index in [2.05, 4.69) is 208 Å². The fraction of sp³-hybridized carbons (Fsp3) is 0.0847. The van der Waals surface area contributed by atoms with E-state index in [9.17, 15) is 0 Å². The van der Waals surface area contributed by atoms with Crippen LogP contribution in [0.3, 0.4) is 0 Å². The first-order valence-corrected chi connectivity index (χ1v) is 21.0. The summed E-state index contributed by atoms with van der Waals surface area (Å²) in [6.07, 6.45) is 6.64. The lowest BCUT2D eigenvalue weighted by molar-refractivity contribution is 0.661. The normalized spacial score (nSPS) is 13.9. The summed E-state index contributed by atoms with van der Waals surface area (Å²) in [6.45, 7) is 4.79. The maximum absolute atomic E-state index is 2.45. The second-order valence-electron chi connectivity index (χ2n) is 17.2. The Balaban J connectivity index is 0.879. The van der Waals surface area contributed by atoms with Crippen LogP contribution in [0.2, 0.25) is 0 Å². The lowest BCUT2D eigenvalue weighted by Gasteiger charge is -2.23. The van der Waals surface area contributed by atoms with E-state index in [4.69, 9.17) is 0 Å². The van der Waals surface area contributed by atoms with Crippen LogP contribution < -0.4 is 0 Å². The Morgan fingerprint density at radius 1 is 0.322 bits per heavy atom. The van der Waals surface area contributed by atoms with Gasteiger partial charge in [0.1, 0.15) is 0 Å². The monoisotopic (exact) mass is 750 g/mol. The minimum Gasteiger partial charge on any atom is -0.0838 e. The average molecular weight is 751 g/mol. The van der Waals surface area contributed by atoms with E-state index in [-0.39, 0.29) is 5.41 Å². The number of rotatable bonds is 5. The molecule has 0 radical (unpaired) electrons. The molecule has 0 fully saturated rings. The van der Waals surface area contributed by atoms with Crippen molar-refractivity contribution >= 4 is 32.3 Å². The molecule has 0 heteroatoms. The van der Waals surface area contributed by atoms with Gasteiger partial charge in [0, 0.05) is 5.41 Å². The highest BCUT2D eigenvalue weighted by Crippen LogP contribution is 2.51. The molecule has 0 aromatic heterocycles. The zero-order valence-electron chi connectivity index (χ0n) is 33.4. The summed E-state index contributed by atoms with van der Waals surface area (Å²) in [6, 6.07) is 68.7. The van der Waals surface area contributed by atoms with Crippen LogP contribution in [0.4, 0.5) is 0 Å². The van der Waals surface area contributed by atoms with Crippen LogP contribution in [0, 0.1) is 0 Å². The van der Waals surface area contributed by atoms with Crippen molar-refractivity contribution in [3.63, 3.8) is 0 Å². The molecule has 278 valence electrons. The van der Waals surface area contributed by atoms with Gasteiger partial charge in [-0.25, -0.2) is 0 Å². The Morgan fingerprint density at radius 2 is 0.780 bits per heavy atom. The largest absolute Gasteiger partial charge is 0.0838 e. The fourth-order valence-corrected chi connectivity index (χ4v) is 10.4. The zero-order valence-corrected chi connectivity index (χ0v) is 33.4. The number of allylic oxidation sites excluding steroid dienone is 2.